The van der Waals surface area contributed by atoms with Crippen molar-refractivity contribution in [3.05, 3.63) is 0 Å². The summed E-state index contributed by atoms with van der Waals surface area (Å²) in [7, 11) is 1.64. The lowest BCUT2D eigenvalue weighted by atomic mass is 9.41. The van der Waals surface area contributed by atoms with E-state index in [0.717, 1.165) is 38.6 Å². The van der Waals surface area contributed by atoms with E-state index in [-0.39, 0.29) is 58.1 Å². The third kappa shape index (κ3) is 5.81. The second-order valence-electron chi connectivity index (χ2n) is 19.6. The first-order chi connectivity index (χ1) is 24.0. The van der Waals surface area contributed by atoms with Gasteiger partial charge in [0.2, 0.25) is 5.91 Å². The highest BCUT2D eigenvalue weighted by atomic mass is 16.7. The predicted octanol–water partition coefficient (Wildman–Crippen LogP) is 4.78. The zero-order valence-corrected chi connectivity index (χ0v) is 33.2. The van der Waals surface area contributed by atoms with Gasteiger partial charge in [0.15, 0.2) is 6.29 Å². The molecule has 0 aromatic heterocycles. The van der Waals surface area contributed by atoms with Crippen LogP contribution in [-0.4, -0.2) is 117 Å². The van der Waals surface area contributed by atoms with E-state index < -0.39 is 17.8 Å². The van der Waals surface area contributed by atoms with Crippen LogP contribution in [0, 0.1) is 50.7 Å². The van der Waals surface area contributed by atoms with Crippen LogP contribution in [0.5, 0.6) is 0 Å². The van der Waals surface area contributed by atoms with Crippen molar-refractivity contribution in [2.75, 3.05) is 53.1 Å². The van der Waals surface area contributed by atoms with E-state index in [1.165, 1.54) is 19.3 Å². The standard InChI is InChI=1S/C41H70N2O8/c1-10-48-35(37(5,6)46)26-21-25(2)32-33(50-26)34(45)39(8)28-12-11-27-36(3,4)29(13-14-40(27)24-41(28,40)16-15-38(32,39)7)51-31-23-43(18-20-49-31)22-30(44)42-17-19-47-9/h25-29,31-35,45-46H,10-24H2,1-9H3,(H,42,44). The van der Waals surface area contributed by atoms with Crippen LogP contribution in [0.25, 0.3) is 0 Å². The summed E-state index contributed by atoms with van der Waals surface area (Å²) < 4.78 is 31.2. The molecule has 7 fully saturated rings. The summed E-state index contributed by atoms with van der Waals surface area (Å²) in [5.41, 5.74) is -0.717. The summed E-state index contributed by atoms with van der Waals surface area (Å²) in [4.78, 5) is 14.6. The van der Waals surface area contributed by atoms with E-state index in [2.05, 4.69) is 44.8 Å². The van der Waals surface area contributed by atoms with Crippen LogP contribution in [0.4, 0.5) is 0 Å². The second-order valence-corrected chi connectivity index (χ2v) is 19.6. The number of fused-ring (bicyclic) bond motifs is 4. The highest BCUT2D eigenvalue weighted by molar-refractivity contribution is 5.78. The largest absolute Gasteiger partial charge is 0.390 e. The van der Waals surface area contributed by atoms with Gasteiger partial charge in [0.05, 0.1) is 56.3 Å². The third-order valence-electron chi connectivity index (χ3n) is 16.6. The molecule has 14 atom stereocenters. The zero-order chi connectivity index (χ0) is 36.8. The van der Waals surface area contributed by atoms with Crippen molar-refractivity contribution in [2.24, 2.45) is 50.7 Å². The van der Waals surface area contributed by atoms with E-state index in [9.17, 15) is 15.0 Å². The maximum Gasteiger partial charge on any atom is 0.234 e. The lowest BCUT2D eigenvalue weighted by molar-refractivity contribution is -0.248. The molecule has 10 nitrogen and oxygen atoms in total. The fraction of sp³-hybridized carbons (Fsp3) is 0.976. The first-order valence-corrected chi connectivity index (χ1v) is 20.4. The average molecular weight is 719 g/mol. The molecule has 1 amide bonds. The molecule has 14 unspecified atom stereocenters. The molecule has 7 rings (SSSR count). The monoisotopic (exact) mass is 719 g/mol. The molecular weight excluding hydrogens is 648 g/mol. The number of ether oxygens (including phenoxy) is 5. The molecule has 2 heterocycles. The van der Waals surface area contributed by atoms with Gasteiger partial charge in [0.1, 0.15) is 6.10 Å². The van der Waals surface area contributed by atoms with Crippen molar-refractivity contribution in [1.82, 2.24) is 10.2 Å². The number of carbonyl (C=O) groups excluding carboxylic acids is 1. The average Bonchev–Trinajstić information content (AvgIpc) is 3.69. The molecule has 10 heteroatoms. The number of carbonyl (C=O) groups is 1. The Morgan fingerprint density at radius 1 is 1.08 bits per heavy atom. The molecule has 2 saturated heterocycles. The minimum absolute atomic E-state index is 0.00391. The molecule has 292 valence electrons. The minimum atomic E-state index is -1.03. The van der Waals surface area contributed by atoms with Crippen LogP contribution >= 0.6 is 0 Å². The van der Waals surface area contributed by atoms with Crippen molar-refractivity contribution in [1.29, 1.82) is 0 Å². The fourth-order valence-electron chi connectivity index (χ4n) is 14.3. The van der Waals surface area contributed by atoms with Gasteiger partial charge in [-0.25, -0.2) is 0 Å². The van der Waals surface area contributed by atoms with E-state index in [1.807, 2.05) is 20.8 Å². The number of morpholine rings is 1. The summed E-state index contributed by atoms with van der Waals surface area (Å²) in [6.07, 6.45) is 7.31. The number of amides is 1. The molecule has 7 aliphatic rings. The third-order valence-corrected chi connectivity index (χ3v) is 16.6. The smallest absolute Gasteiger partial charge is 0.234 e. The summed E-state index contributed by atoms with van der Waals surface area (Å²) in [6.45, 7) is 21.6. The molecule has 5 aliphatic carbocycles. The lowest BCUT2D eigenvalue weighted by Gasteiger charge is -2.64. The summed E-state index contributed by atoms with van der Waals surface area (Å²) in [5.74, 6) is 1.70. The van der Waals surface area contributed by atoms with Crippen molar-refractivity contribution in [3.63, 3.8) is 0 Å². The molecule has 0 bridgehead atoms. The van der Waals surface area contributed by atoms with Gasteiger partial charge in [-0.3, -0.25) is 9.69 Å². The first-order valence-electron chi connectivity index (χ1n) is 20.4. The van der Waals surface area contributed by atoms with Crippen molar-refractivity contribution in [2.45, 2.75) is 149 Å². The van der Waals surface area contributed by atoms with Crippen LogP contribution in [0.2, 0.25) is 0 Å². The number of aliphatic hydroxyl groups is 2. The van der Waals surface area contributed by atoms with Crippen molar-refractivity contribution in [3.8, 4) is 0 Å². The molecule has 0 aromatic rings. The maximum atomic E-state index is 12.6. The normalized spacial score (nSPS) is 48.0. The number of methoxy groups -OCH3 is 1. The Balaban J connectivity index is 1.06. The van der Waals surface area contributed by atoms with Gasteiger partial charge in [-0.2, -0.15) is 0 Å². The molecule has 0 radical (unpaired) electrons. The van der Waals surface area contributed by atoms with E-state index in [0.29, 0.717) is 62.6 Å². The first kappa shape index (κ1) is 38.4. The van der Waals surface area contributed by atoms with Crippen LogP contribution in [0.15, 0.2) is 0 Å². The summed E-state index contributed by atoms with van der Waals surface area (Å²) in [6, 6.07) is 0. The van der Waals surface area contributed by atoms with Crippen molar-refractivity contribution < 1.29 is 38.7 Å². The van der Waals surface area contributed by atoms with Crippen LogP contribution in [-0.2, 0) is 28.5 Å². The van der Waals surface area contributed by atoms with Gasteiger partial charge in [0, 0.05) is 32.2 Å². The molecule has 2 aliphatic heterocycles. The number of hydrogen-bond donors (Lipinski definition) is 3. The zero-order valence-electron chi connectivity index (χ0n) is 33.2. The number of nitrogens with zero attached hydrogens (tertiary/aromatic N) is 1. The highest BCUT2D eigenvalue weighted by Crippen LogP contribution is 2.89. The predicted molar refractivity (Wildman–Crippen MR) is 194 cm³/mol. The molecule has 51 heavy (non-hydrogen) atoms. The van der Waals surface area contributed by atoms with Gasteiger partial charge in [-0.15, -0.1) is 0 Å². The van der Waals surface area contributed by atoms with Gasteiger partial charge in [-0.1, -0.05) is 34.6 Å². The molecule has 3 N–H and O–H groups in total. The Labute approximate surface area is 307 Å². The fourth-order valence-corrected chi connectivity index (χ4v) is 14.3. The molecular formula is C41H70N2O8. The van der Waals surface area contributed by atoms with Crippen LogP contribution in [0.1, 0.15) is 107 Å². The Morgan fingerprint density at radius 3 is 2.51 bits per heavy atom. The van der Waals surface area contributed by atoms with E-state index >= 15 is 0 Å². The lowest BCUT2D eigenvalue weighted by Crippen LogP contribution is -2.60. The Hall–Kier alpha value is -0.850. The second kappa shape index (κ2) is 13.4. The molecule has 2 spiro atoms. The van der Waals surface area contributed by atoms with Gasteiger partial charge < -0.3 is 39.2 Å². The van der Waals surface area contributed by atoms with Gasteiger partial charge in [0.25, 0.3) is 0 Å². The highest BCUT2D eigenvalue weighted by Gasteiger charge is 2.84. The number of hydrogen-bond acceptors (Lipinski definition) is 9. The Bertz CT molecular complexity index is 1290. The van der Waals surface area contributed by atoms with Crippen LogP contribution < -0.4 is 5.32 Å². The number of rotatable bonds is 11. The topological polar surface area (TPSA) is 119 Å². The van der Waals surface area contributed by atoms with E-state index in [1.54, 1.807) is 7.11 Å². The van der Waals surface area contributed by atoms with Gasteiger partial charge in [-0.05, 0) is 117 Å². The van der Waals surface area contributed by atoms with Gasteiger partial charge >= 0.3 is 0 Å². The van der Waals surface area contributed by atoms with E-state index in [4.69, 9.17) is 23.7 Å². The Kier molecular flexibility index (Phi) is 10.1. The Morgan fingerprint density at radius 2 is 1.80 bits per heavy atom. The number of nitrogens with one attached hydrogen (secondary N) is 1. The quantitative estimate of drug-likeness (QED) is 0.260. The summed E-state index contributed by atoms with van der Waals surface area (Å²) in [5, 5.41) is 26.6. The number of aliphatic hydroxyl groups excluding tert-OH is 1. The molecule has 0 aromatic carbocycles. The molecule has 5 saturated carbocycles. The minimum Gasteiger partial charge on any atom is -0.390 e. The van der Waals surface area contributed by atoms with Crippen molar-refractivity contribution >= 4 is 5.91 Å². The maximum absolute atomic E-state index is 12.6. The SMILES string of the molecule is CCOC(C1CC(C)C2C(O1)C(O)C1(C)C3CCC4C(C)(C)C(OC5CN(CC(=O)NCCOC)CCO5)CCC45CC35CCC21C)C(C)(C)O. The summed E-state index contributed by atoms with van der Waals surface area (Å²) >= 11 is 0. The van der Waals surface area contributed by atoms with Crippen LogP contribution in [0.3, 0.4) is 0 Å².